The fourth-order valence-electron chi connectivity index (χ4n) is 11.7. The van der Waals surface area contributed by atoms with E-state index in [0.29, 0.717) is 29.1 Å². The van der Waals surface area contributed by atoms with Gasteiger partial charge < -0.3 is 48.7 Å². The average Bonchev–Trinajstić information content (AvgIpc) is 3.60. The molecule has 1 aromatic heterocycles. The van der Waals surface area contributed by atoms with Crippen LogP contribution in [-0.4, -0.2) is 131 Å². The number of hydrogen-bond acceptors (Lipinski definition) is 18. The summed E-state index contributed by atoms with van der Waals surface area (Å²) in [5.41, 5.74) is -5.79. The molecule has 19 heteroatoms. The molecule has 3 aromatic carbocycles. The van der Waals surface area contributed by atoms with Gasteiger partial charge in [0.05, 0.1) is 49.4 Å². The Morgan fingerprint density at radius 3 is 2.13 bits per heavy atom. The topological polar surface area (TPSA) is 232 Å². The molecule has 11 atom stereocenters. The van der Waals surface area contributed by atoms with E-state index < -0.39 is 119 Å². The summed E-state index contributed by atoms with van der Waals surface area (Å²) in [7, 11) is 3.10. The van der Waals surface area contributed by atoms with Gasteiger partial charge in [-0.2, -0.15) is 0 Å². The number of carbonyl (C=O) groups excluding carboxylic acids is 6. The normalized spacial score (nSPS) is 28.1. The highest BCUT2D eigenvalue weighted by atomic mass is 33.1. The molecule has 0 radical (unpaired) electrons. The van der Waals surface area contributed by atoms with E-state index in [0.717, 1.165) is 5.03 Å². The van der Waals surface area contributed by atoms with E-state index in [-0.39, 0.29) is 37.4 Å². The highest BCUT2D eigenvalue weighted by Gasteiger charge is 2.77. The zero-order valence-electron chi connectivity index (χ0n) is 43.2. The molecular formula is C57H64N2O15S2. The minimum absolute atomic E-state index is 0.00787. The van der Waals surface area contributed by atoms with Crippen molar-refractivity contribution in [2.45, 2.75) is 107 Å². The highest BCUT2D eigenvalue weighted by molar-refractivity contribution is 8.76. The van der Waals surface area contributed by atoms with Gasteiger partial charge in [0, 0.05) is 48.6 Å². The van der Waals surface area contributed by atoms with E-state index in [9.17, 15) is 29.4 Å². The number of hydrogen-bond donors (Lipinski definition) is 3. The molecule has 1 amide bonds. The van der Waals surface area contributed by atoms with Crippen molar-refractivity contribution in [3.63, 3.8) is 0 Å². The van der Waals surface area contributed by atoms with Crippen molar-refractivity contribution in [3.05, 3.63) is 143 Å². The Hall–Kier alpha value is -5.93. The fourth-order valence-corrected chi connectivity index (χ4v) is 13.4. The van der Waals surface area contributed by atoms with E-state index in [2.05, 4.69) is 10.3 Å². The summed E-state index contributed by atoms with van der Waals surface area (Å²) >= 11 is 0. The number of ketones is 1. The number of aliphatic hydroxyl groups excluding tert-OH is 1. The van der Waals surface area contributed by atoms with Crippen molar-refractivity contribution in [3.8, 4) is 0 Å². The molecule has 3 N–H and O–H groups in total. The summed E-state index contributed by atoms with van der Waals surface area (Å²) in [5.74, 6) is -6.66. The van der Waals surface area contributed by atoms with Crippen molar-refractivity contribution < 1.29 is 72.1 Å². The minimum Gasteiger partial charge on any atom is -0.455 e. The summed E-state index contributed by atoms with van der Waals surface area (Å²) in [5, 5.41) is 29.8. The highest BCUT2D eigenvalue weighted by Crippen LogP contribution is 2.65. The minimum atomic E-state index is -2.28. The average molecular weight is 1080 g/mol. The van der Waals surface area contributed by atoms with Crippen LogP contribution < -0.4 is 5.32 Å². The van der Waals surface area contributed by atoms with Crippen molar-refractivity contribution in [2.75, 3.05) is 38.8 Å². The molecule has 1 aliphatic heterocycles. The van der Waals surface area contributed by atoms with Crippen LogP contribution in [-0.2, 0) is 52.3 Å². The Morgan fingerprint density at radius 1 is 0.855 bits per heavy atom. The number of rotatable bonds is 20. The third kappa shape index (κ3) is 11.2. The summed E-state index contributed by atoms with van der Waals surface area (Å²) < 4.78 is 42.4. The van der Waals surface area contributed by atoms with Gasteiger partial charge >= 0.3 is 23.9 Å². The number of amides is 1. The van der Waals surface area contributed by atoms with Gasteiger partial charge in [-0.3, -0.25) is 14.4 Å². The van der Waals surface area contributed by atoms with Gasteiger partial charge in [-0.1, -0.05) is 104 Å². The van der Waals surface area contributed by atoms with Gasteiger partial charge in [0.15, 0.2) is 5.60 Å². The number of ether oxygens (including phenoxy) is 7. The molecule has 3 fully saturated rings. The number of Topliss-reactive ketones (excluding diaryl/α,β-unsaturated/α-hetero) is 1. The van der Waals surface area contributed by atoms with Crippen LogP contribution in [0.3, 0.4) is 0 Å². The number of aliphatic hydroxyl groups is 2. The first kappa shape index (κ1) is 56.3. The summed E-state index contributed by atoms with van der Waals surface area (Å²) in [6.45, 7) is 9.17. The lowest BCUT2D eigenvalue weighted by Crippen LogP contribution is -2.81. The van der Waals surface area contributed by atoms with Crippen LogP contribution >= 0.6 is 21.6 Å². The second-order valence-electron chi connectivity index (χ2n) is 20.3. The fraction of sp³-hybridized carbons (Fsp3) is 0.456. The predicted octanol–water partition coefficient (Wildman–Crippen LogP) is 6.86. The van der Waals surface area contributed by atoms with Crippen LogP contribution in [0.25, 0.3) is 0 Å². The Balaban J connectivity index is 1.13. The lowest BCUT2D eigenvalue weighted by molar-refractivity contribution is -0.345. The number of pyridine rings is 1. The molecule has 17 nitrogen and oxygen atoms in total. The smallest absolute Gasteiger partial charge is 0.350 e. The Kier molecular flexibility index (Phi) is 17.6. The SMILES string of the molecule is CC(=O)O[C@@]12COC1C[C@H](O)[C@@]1(C)C(=O)[C@H](C)C3=C(C)C(OC(=O)[C@H](OC(=O)COCCOCCSSc4ccccn4)C(NC(=O)c4ccccc4)c4ccccc4)C[C@@](O)([C@@H](OC(=O)c4ccccc4)[C@@H]12)C3(C)C. The van der Waals surface area contributed by atoms with Crippen LogP contribution in [0, 0.1) is 22.7 Å². The van der Waals surface area contributed by atoms with Crippen molar-refractivity contribution in [2.24, 2.45) is 22.7 Å². The number of nitrogens with one attached hydrogen (secondary N) is 1. The van der Waals surface area contributed by atoms with Crippen molar-refractivity contribution in [1.29, 1.82) is 0 Å². The Labute approximate surface area is 449 Å². The van der Waals surface area contributed by atoms with Crippen molar-refractivity contribution in [1.82, 2.24) is 10.3 Å². The molecule has 4 aromatic rings. The molecule has 76 heavy (non-hydrogen) atoms. The largest absolute Gasteiger partial charge is 0.455 e. The van der Waals surface area contributed by atoms with E-state index in [4.69, 9.17) is 33.2 Å². The first-order valence-electron chi connectivity index (χ1n) is 25.2. The third-order valence-electron chi connectivity index (χ3n) is 15.4. The van der Waals surface area contributed by atoms with Gasteiger partial charge in [-0.25, -0.2) is 19.4 Å². The van der Waals surface area contributed by atoms with Gasteiger partial charge in [0.1, 0.15) is 47.4 Å². The molecule has 4 aliphatic rings. The third-order valence-corrected chi connectivity index (χ3v) is 17.7. The van der Waals surface area contributed by atoms with Crippen LogP contribution in [0.5, 0.6) is 0 Å². The Morgan fingerprint density at radius 2 is 1.50 bits per heavy atom. The maximum Gasteiger partial charge on any atom is 0.350 e. The molecule has 8 rings (SSSR count). The molecule has 3 unspecified atom stereocenters. The summed E-state index contributed by atoms with van der Waals surface area (Å²) in [6.07, 6.45) is -6.26. The number of fused-ring (bicyclic) bond motifs is 5. The Bertz CT molecular complexity index is 2770. The maximum absolute atomic E-state index is 15.5. The second-order valence-corrected chi connectivity index (χ2v) is 22.7. The first-order chi connectivity index (χ1) is 36.3. The molecule has 2 heterocycles. The predicted molar refractivity (Wildman–Crippen MR) is 279 cm³/mol. The standard InChI is InChI=1S/C57H64N2O15S2/c1-34-40(31-57(67)50(73-52(65)39-22-14-9-15-23-39)48-55(6,49(63)35(2)45(34)54(57,4)5)41(61)30-42-56(48,33-70-42)74-36(3)60)71-53(66)47(46(37-18-10-7-11-19-37)59-51(64)38-20-12-8-13-21-38)72-44(62)32-69-27-26-68-28-29-75-76-43-24-16-17-25-58-43/h7-25,35,40-42,46-48,50,61,67H,26-33H2,1-6H3,(H,59,64)/t35-,40?,41+,42?,46?,47-,48+,50+,55-,56+,57-/m1/s1. The monoisotopic (exact) mass is 1080 g/mol. The molecule has 2 bridgehead atoms. The molecule has 404 valence electrons. The summed E-state index contributed by atoms with van der Waals surface area (Å²) in [6, 6.07) is 29.0. The maximum atomic E-state index is 15.5. The molecular weight excluding hydrogens is 1020 g/mol. The number of carbonyl (C=O) groups is 6. The van der Waals surface area contributed by atoms with Crippen LogP contribution in [0.2, 0.25) is 0 Å². The van der Waals surface area contributed by atoms with Crippen LogP contribution in [0.15, 0.2) is 132 Å². The van der Waals surface area contributed by atoms with Crippen molar-refractivity contribution >= 4 is 57.2 Å². The van der Waals surface area contributed by atoms with E-state index in [1.54, 1.807) is 130 Å². The number of benzene rings is 3. The lowest BCUT2D eigenvalue weighted by Gasteiger charge is -2.67. The first-order valence-corrected chi connectivity index (χ1v) is 27.5. The number of aromatic nitrogens is 1. The van der Waals surface area contributed by atoms with E-state index >= 15 is 9.59 Å². The van der Waals surface area contributed by atoms with Gasteiger partial charge in [0.2, 0.25) is 6.10 Å². The number of esters is 4. The molecule has 0 spiro atoms. The second kappa shape index (κ2) is 23.8. The van der Waals surface area contributed by atoms with Gasteiger partial charge in [-0.15, -0.1) is 0 Å². The van der Waals surface area contributed by atoms with E-state index in [1.165, 1.54) is 29.9 Å². The number of nitrogens with zero attached hydrogens (tertiary/aromatic N) is 1. The molecule has 2 saturated carbocycles. The van der Waals surface area contributed by atoms with Gasteiger partial charge in [-0.05, 0) is 77.7 Å². The van der Waals surface area contributed by atoms with Crippen LogP contribution in [0.4, 0.5) is 0 Å². The zero-order valence-corrected chi connectivity index (χ0v) is 44.8. The quantitative estimate of drug-likeness (QED) is 0.0270. The zero-order chi connectivity index (χ0) is 54.4. The van der Waals surface area contributed by atoms with Crippen LogP contribution in [0.1, 0.15) is 86.7 Å². The molecule has 1 saturated heterocycles. The lowest BCUT2D eigenvalue weighted by atomic mass is 9.43. The summed E-state index contributed by atoms with van der Waals surface area (Å²) in [4.78, 5) is 90.5. The molecule has 3 aliphatic carbocycles. The van der Waals surface area contributed by atoms with E-state index in [1.807, 2.05) is 18.2 Å². The van der Waals surface area contributed by atoms with Gasteiger partial charge in [0.25, 0.3) is 5.91 Å².